The maximum absolute atomic E-state index is 13.4. The first-order valence-corrected chi connectivity index (χ1v) is 8.45. The number of nitrogens with one attached hydrogen (secondary N) is 1. The van der Waals surface area contributed by atoms with Crippen LogP contribution in [0.1, 0.15) is 11.1 Å². The van der Waals surface area contributed by atoms with Crippen LogP contribution in [0.2, 0.25) is 0 Å². The Kier molecular flexibility index (Phi) is 4.13. The van der Waals surface area contributed by atoms with Crippen LogP contribution in [0.15, 0.2) is 36.4 Å². The molecule has 1 N–H and O–H groups in total. The molecule has 1 amide bonds. The van der Waals surface area contributed by atoms with Gasteiger partial charge in [-0.1, -0.05) is 6.07 Å². The van der Waals surface area contributed by atoms with Gasteiger partial charge in [-0.25, -0.2) is 8.78 Å². The highest BCUT2D eigenvalue weighted by atomic mass is 19.1. The number of anilines is 2. The molecule has 1 fully saturated rings. The van der Waals surface area contributed by atoms with Crippen molar-refractivity contribution >= 4 is 17.3 Å². The molecule has 2 aliphatic rings. The number of hydrogen-bond acceptors (Lipinski definition) is 3. The van der Waals surface area contributed by atoms with Gasteiger partial charge >= 0.3 is 0 Å². The molecule has 0 saturated carbocycles. The first-order valence-electron chi connectivity index (χ1n) is 8.45. The molecule has 0 radical (unpaired) electrons. The predicted molar refractivity (Wildman–Crippen MR) is 92.8 cm³/mol. The molecule has 0 unspecified atom stereocenters. The third-order valence-electron chi connectivity index (χ3n) is 4.77. The summed E-state index contributed by atoms with van der Waals surface area (Å²) >= 11 is 0. The monoisotopic (exact) mass is 343 g/mol. The van der Waals surface area contributed by atoms with Crippen molar-refractivity contribution in [3.63, 3.8) is 0 Å². The van der Waals surface area contributed by atoms with Crippen LogP contribution in [-0.2, 0) is 17.8 Å². The number of piperazine rings is 1. The standard InChI is InChI=1S/C19H19F2N3O/c20-14-8-13(9-15(21)10-14)12-24-18-3-1-2-17(16(18)11-19(24)25)23-6-4-22-5-7-23/h1-3,8-10,22H,4-7,11-12H2. The van der Waals surface area contributed by atoms with Gasteiger partial charge in [0.2, 0.25) is 5.91 Å². The zero-order chi connectivity index (χ0) is 17.4. The summed E-state index contributed by atoms with van der Waals surface area (Å²) in [5.41, 5.74) is 3.38. The van der Waals surface area contributed by atoms with Crippen molar-refractivity contribution in [3.05, 3.63) is 59.2 Å². The number of nitrogens with zero attached hydrogens (tertiary/aromatic N) is 2. The summed E-state index contributed by atoms with van der Waals surface area (Å²) in [5, 5.41) is 3.32. The first kappa shape index (κ1) is 16.0. The second-order valence-electron chi connectivity index (χ2n) is 6.45. The van der Waals surface area contributed by atoms with Crippen molar-refractivity contribution in [1.29, 1.82) is 0 Å². The second kappa shape index (κ2) is 6.44. The maximum Gasteiger partial charge on any atom is 0.231 e. The summed E-state index contributed by atoms with van der Waals surface area (Å²) in [5.74, 6) is -1.30. The van der Waals surface area contributed by atoms with Gasteiger partial charge in [-0.15, -0.1) is 0 Å². The van der Waals surface area contributed by atoms with Gasteiger partial charge in [0, 0.05) is 49.2 Å². The molecule has 0 bridgehead atoms. The number of amides is 1. The fraction of sp³-hybridized carbons (Fsp3) is 0.316. The Labute approximate surface area is 145 Å². The minimum atomic E-state index is -0.628. The Morgan fingerprint density at radius 1 is 1.00 bits per heavy atom. The van der Waals surface area contributed by atoms with Crippen LogP contribution in [0.25, 0.3) is 0 Å². The number of hydrogen-bond donors (Lipinski definition) is 1. The SMILES string of the molecule is O=C1Cc2c(N3CCNCC3)cccc2N1Cc1cc(F)cc(F)c1. The van der Waals surface area contributed by atoms with Crippen LogP contribution in [0.5, 0.6) is 0 Å². The summed E-state index contributed by atoms with van der Waals surface area (Å²) in [7, 11) is 0. The van der Waals surface area contributed by atoms with E-state index < -0.39 is 11.6 Å². The van der Waals surface area contributed by atoms with Crippen molar-refractivity contribution < 1.29 is 13.6 Å². The lowest BCUT2D eigenvalue weighted by Gasteiger charge is -2.31. The fourth-order valence-electron chi connectivity index (χ4n) is 3.64. The lowest BCUT2D eigenvalue weighted by atomic mass is 10.1. The highest BCUT2D eigenvalue weighted by Gasteiger charge is 2.31. The van der Waals surface area contributed by atoms with Gasteiger partial charge in [0.15, 0.2) is 0 Å². The van der Waals surface area contributed by atoms with E-state index in [0.29, 0.717) is 12.0 Å². The molecule has 130 valence electrons. The lowest BCUT2D eigenvalue weighted by molar-refractivity contribution is -0.117. The van der Waals surface area contributed by atoms with E-state index in [-0.39, 0.29) is 12.5 Å². The molecule has 2 aliphatic heterocycles. The smallest absolute Gasteiger partial charge is 0.231 e. The average Bonchev–Trinajstić information content (AvgIpc) is 2.90. The van der Waals surface area contributed by atoms with Crippen LogP contribution in [0.3, 0.4) is 0 Å². The lowest BCUT2D eigenvalue weighted by Crippen LogP contribution is -2.43. The quantitative estimate of drug-likeness (QED) is 0.930. The van der Waals surface area contributed by atoms with Gasteiger partial charge in [0.25, 0.3) is 0 Å². The van der Waals surface area contributed by atoms with E-state index in [2.05, 4.69) is 10.2 Å². The molecule has 4 rings (SSSR count). The first-order chi connectivity index (χ1) is 12.1. The van der Waals surface area contributed by atoms with Crippen LogP contribution >= 0.6 is 0 Å². The molecule has 0 aromatic heterocycles. The Balaban J connectivity index is 1.65. The van der Waals surface area contributed by atoms with Gasteiger partial charge in [-0.2, -0.15) is 0 Å². The molecule has 1 saturated heterocycles. The van der Waals surface area contributed by atoms with E-state index in [1.165, 1.54) is 12.1 Å². The van der Waals surface area contributed by atoms with Crippen LogP contribution in [0, 0.1) is 11.6 Å². The van der Waals surface area contributed by atoms with Crippen molar-refractivity contribution in [1.82, 2.24) is 5.32 Å². The maximum atomic E-state index is 13.4. The molecule has 25 heavy (non-hydrogen) atoms. The van der Waals surface area contributed by atoms with Crippen LogP contribution in [-0.4, -0.2) is 32.1 Å². The van der Waals surface area contributed by atoms with E-state index >= 15 is 0 Å². The Morgan fingerprint density at radius 2 is 1.68 bits per heavy atom. The molecule has 0 atom stereocenters. The third kappa shape index (κ3) is 3.09. The molecule has 6 heteroatoms. The van der Waals surface area contributed by atoms with Gasteiger partial charge < -0.3 is 15.1 Å². The minimum absolute atomic E-state index is 0.0396. The summed E-state index contributed by atoms with van der Waals surface area (Å²) in [6.07, 6.45) is 0.327. The molecule has 2 heterocycles. The molecule has 0 spiro atoms. The van der Waals surface area contributed by atoms with Crippen LogP contribution in [0.4, 0.5) is 20.2 Å². The number of benzene rings is 2. The Bertz CT molecular complexity index is 798. The highest BCUT2D eigenvalue weighted by molar-refractivity contribution is 6.03. The second-order valence-corrected chi connectivity index (χ2v) is 6.45. The fourth-order valence-corrected chi connectivity index (χ4v) is 3.64. The highest BCUT2D eigenvalue weighted by Crippen LogP contribution is 2.37. The zero-order valence-corrected chi connectivity index (χ0v) is 13.8. The Morgan fingerprint density at radius 3 is 2.40 bits per heavy atom. The van der Waals surface area contributed by atoms with E-state index in [1.807, 2.05) is 18.2 Å². The van der Waals surface area contributed by atoms with Gasteiger partial charge in [0.1, 0.15) is 11.6 Å². The normalized spacial score (nSPS) is 17.1. The molecular weight excluding hydrogens is 324 g/mol. The zero-order valence-electron chi connectivity index (χ0n) is 13.8. The average molecular weight is 343 g/mol. The molecule has 4 nitrogen and oxygen atoms in total. The predicted octanol–water partition coefficient (Wildman–Crippen LogP) is 2.46. The van der Waals surface area contributed by atoms with E-state index in [4.69, 9.17) is 0 Å². The largest absolute Gasteiger partial charge is 0.369 e. The van der Waals surface area contributed by atoms with E-state index in [1.54, 1.807) is 4.90 Å². The molecule has 2 aromatic rings. The minimum Gasteiger partial charge on any atom is -0.369 e. The van der Waals surface area contributed by atoms with E-state index in [0.717, 1.165) is 49.2 Å². The van der Waals surface area contributed by atoms with Crippen LogP contribution < -0.4 is 15.1 Å². The number of fused-ring (bicyclic) bond motifs is 1. The van der Waals surface area contributed by atoms with Crippen molar-refractivity contribution in [2.24, 2.45) is 0 Å². The number of halogens is 2. The van der Waals surface area contributed by atoms with Crippen molar-refractivity contribution in [3.8, 4) is 0 Å². The van der Waals surface area contributed by atoms with E-state index in [9.17, 15) is 13.6 Å². The van der Waals surface area contributed by atoms with Gasteiger partial charge in [-0.05, 0) is 29.8 Å². The van der Waals surface area contributed by atoms with Crippen molar-refractivity contribution in [2.45, 2.75) is 13.0 Å². The van der Waals surface area contributed by atoms with Gasteiger partial charge in [0.05, 0.1) is 13.0 Å². The summed E-state index contributed by atoms with van der Waals surface area (Å²) < 4.78 is 26.9. The number of carbonyl (C=O) groups excluding carboxylic acids is 1. The molecular formula is C19H19F2N3O. The third-order valence-corrected chi connectivity index (χ3v) is 4.77. The topological polar surface area (TPSA) is 35.6 Å². The summed E-state index contributed by atoms with van der Waals surface area (Å²) in [6, 6.07) is 9.27. The number of carbonyl (C=O) groups is 1. The van der Waals surface area contributed by atoms with Crippen molar-refractivity contribution in [2.75, 3.05) is 36.0 Å². The van der Waals surface area contributed by atoms with Gasteiger partial charge in [-0.3, -0.25) is 4.79 Å². The number of rotatable bonds is 3. The Hall–Kier alpha value is -2.47. The summed E-state index contributed by atoms with van der Waals surface area (Å²) in [4.78, 5) is 16.5. The molecule has 2 aromatic carbocycles. The molecule has 0 aliphatic carbocycles. The summed E-state index contributed by atoms with van der Waals surface area (Å²) in [6.45, 7) is 3.82.